The van der Waals surface area contributed by atoms with Crippen molar-refractivity contribution in [1.82, 2.24) is 5.32 Å². The lowest BCUT2D eigenvalue weighted by atomic mass is 10.0. The fourth-order valence-electron chi connectivity index (χ4n) is 2.46. The van der Waals surface area contributed by atoms with E-state index < -0.39 is 11.1 Å². The summed E-state index contributed by atoms with van der Waals surface area (Å²) in [4.78, 5) is 26.3. The number of aliphatic hydroxyl groups is 1. The van der Waals surface area contributed by atoms with Gasteiger partial charge in [0.05, 0.1) is 17.8 Å². The van der Waals surface area contributed by atoms with Crippen molar-refractivity contribution in [3.63, 3.8) is 0 Å². The van der Waals surface area contributed by atoms with E-state index in [1.54, 1.807) is 45.9 Å². The van der Waals surface area contributed by atoms with Gasteiger partial charge >= 0.3 is 0 Å². The molecule has 24 heavy (non-hydrogen) atoms. The van der Waals surface area contributed by atoms with E-state index >= 15 is 0 Å². The summed E-state index contributed by atoms with van der Waals surface area (Å²) in [6, 6.07) is 5.06. The average Bonchev–Trinajstić information content (AvgIpc) is 2.48. The van der Waals surface area contributed by atoms with Crippen molar-refractivity contribution in [2.75, 3.05) is 18.1 Å². The number of amides is 2. The van der Waals surface area contributed by atoms with Crippen LogP contribution in [-0.4, -0.2) is 41.2 Å². The number of nitrogens with zero attached hydrogens (tertiary/aromatic N) is 1. The number of carbonyl (C=O) groups is 2. The van der Waals surface area contributed by atoms with Gasteiger partial charge in [-0.15, -0.1) is 0 Å². The maximum absolute atomic E-state index is 12.7. The molecule has 1 heterocycles. The van der Waals surface area contributed by atoms with Crippen LogP contribution in [0.15, 0.2) is 18.2 Å². The molecule has 0 saturated heterocycles. The van der Waals surface area contributed by atoms with Gasteiger partial charge in [0, 0.05) is 18.0 Å². The largest absolute Gasteiger partial charge is 0.476 e. The molecule has 0 radical (unpaired) electrons. The first-order chi connectivity index (χ1) is 11.1. The van der Waals surface area contributed by atoms with Gasteiger partial charge in [-0.3, -0.25) is 9.59 Å². The van der Waals surface area contributed by atoms with Crippen LogP contribution in [0.1, 0.15) is 34.1 Å². The number of hydrogen-bond acceptors (Lipinski definition) is 4. The molecule has 7 heteroatoms. The Labute approximate surface area is 146 Å². The van der Waals surface area contributed by atoms with Gasteiger partial charge < -0.3 is 20.1 Å². The van der Waals surface area contributed by atoms with Crippen LogP contribution < -0.4 is 15.0 Å². The highest BCUT2D eigenvalue weighted by atomic mass is 35.5. The highest BCUT2D eigenvalue weighted by molar-refractivity contribution is 6.31. The zero-order valence-corrected chi connectivity index (χ0v) is 15.1. The third-order valence-corrected chi connectivity index (χ3v) is 4.01. The second-order valence-corrected chi connectivity index (χ2v) is 7.46. The number of fused-ring (bicyclic) bond motifs is 1. The Bertz CT molecular complexity index is 658. The molecule has 0 aliphatic carbocycles. The second kappa shape index (κ2) is 6.61. The molecule has 2 N–H and O–H groups in total. The molecule has 0 bridgehead atoms. The van der Waals surface area contributed by atoms with E-state index in [0.717, 1.165) is 0 Å². The molecule has 1 aromatic carbocycles. The summed E-state index contributed by atoms with van der Waals surface area (Å²) in [6.07, 6.45) is 0.108. The van der Waals surface area contributed by atoms with Crippen LogP contribution in [0.25, 0.3) is 0 Å². The monoisotopic (exact) mass is 354 g/mol. The number of anilines is 1. The van der Waals surface area contributed by atoms with Gasteiger partial charge in [0.2, 0.25) is 5.91 Å². The van der Waals surface area contributed by atoms with E-state index in [1.165, 1.54) is 4.90 Å². The van der Waals surface area contributed by atoms with Crippen LogP contribution >= 0.6 is 11.6 Å². The average molecular weight is 355 g/mol. The lowest BCUT2D eigenvalue weighted by Gasteiger charge is -2.39. The van der Waals surface area contributed by atoms with E-state index in [2.05, 4.69) is 5.32 Å². The normalized spacial score (nSPS) is 16.4. The Balaban J connectivity index is 2.18. The van der Waals surface area contributed by atoms with Crippen LogP contribution in [0.2, 0.25) is 5.02 Å². The van der Waals surface area contributed by atoms with E-state index in [-0.39, 0.29) is 31.4 Å². The Hall–Kier alpha value is -1.79. The van der Waals surface area contributed by atoms with Gasteiger partial charge in [-0.05, 0) is 45.9 Å². The second-order valence-electron chi connectivity index (χ2n) is 7.02. The van der Waals surface area contributed by atoms with E-state index in [1.807, 2.05) is 0 Å². The predicted molar refractivity (Wildman–Crippen MR) is 92.4 cm³/mol. The standard InChI is InChI=1S/C17H23ClN2O4/c1-16(2,10-21)19-14(22)7-8-20-12-9-11(18)5-6-13(12)24-17(3,4)15(20)23/h5-6,9,21H,7-8,10H2,1-4H3,(H,19,22). The highest BCUT2D eigenvalue weighted by Crippen LogP contribution is 2.39. The molecule has 6 nitrogen and oxygen atoms in total. The maximum Gasteiger partial charge on any atom is 0.270 e. The summed E-state index contributed by atoms with van der Waals surface area (Å²) in [5, 5.41) is 12.4. The molecule has 0 saturated carbocycles. The third-order valence-electron chi connectivity index (χ3n) is 3.77. The SMILES string of the molecule is CC(C)(CO)NC(=O)CCN1C(=O)C(C)(C)Oc2ccc(Cl)cc21. The zero-order chi connectivity index (χ0) is 18.1. The van der Waals surface area contributed by atoms with Crippen molar-refractivity contribution in [1.29, 1.82) is 0 Å². The lowest BCUT2D eigenvalue weighted by molar-refractivity contribution is -0.132. The number of aliphatic hydroxyl groups excluding tert-OH is 1. The molecule has 0 fully saturated rings. The van der Waals surface area contributed by atoms with Gasteiger partial charge in [-0.2, -0.15) is 0 Å². The van der Waals surface area contributed by atoms with E-state index in [9.17, 15) is 14.7 Å². The zero-order valence-electron chi connectivity index (χ0n) is 14.4. The summed E-state index contributed by atoms with van der Waals surface area (Å²) < 4.78 is 5.74. The Morgan fingerprint density at radius 1 is 1.42 bits per heavy atom. The molecule has 2 amide bonds. The minimum Gasteiger partial charge on any atom is -0.476 e. The minimum absolute atomic E-state index is 0.108. The number of benzene rings is 1. The predicted octanol–water partition coefficient (Wildman–Crippen LogP) is 2.12. The fourth-order valence-corrected chi connectivity index (χ4v) is 2.62. The number of hydrogen-bond donors (Lipinski definition) is 2. The number of nitrogens with one attached hydrogen (secondary N) is 1. The van der Waals surface area contributed by atoms with Crippen molar-refractivity contribution in [3.05, 3.63) is 23.2 Å². The Morgan fingerprint density at radius 3 is 2.71 bits per heavy atom. The molecule has 1 aliphatic heterocycles. The molecule has 1 aromatic rings. The third kappa shape index (κ3) is 3.99. The first kappa shape index (κ1) is 18.5. The van der Waals surface area contributed by atoms with Crippen LogP contribution in [-0.2, 0) is 9.59 Å². The van der Waals surface area contributed by atoms with Crippen LogP contribution in [0.4, 0.5) is 5.69 Å². The Kier molecular flexibility index (Phi) is 5.11. The summed E-state index contributed by atoms with van der Waals surface area (Å²) in [5.74, 6) is 0.0845. The van der Waals surface area contributed by atoms with Crippen LogP contribution in [0.3, 0.4) is 0 Å². The van der Waals surface area contributed by atoms with Crippen LogP contribution in [0.5, 0.6) is 5.75 Å². The van der Waals surface area contributed by atoms with E-state index in [4.69, 9.17) is 16.3 Å². The smallest absolute Gasteiger partial charge is 0.270 e. The maximum atomic E-state index is 12.7. The molecule has 0 atom stereocenters. The fraction of sp³-hybridized carbons (Fsp3) is 0.529. The quantitative estimate of drug-likeness (QED) is 0.849. The van der Waals surface area contributed by atoms with Crippen molar-refractivity contribution in [2.45, 2.75) is 45.3 Å². The molecular weight excluding hydrogens is 332 g/mol. The molecule has 2 rings (SSSR count). The van der Waals surface area contributed by atoms with Gasteiger partial charge in [0.1, 0.15) is 5.75 Å². The summed E-state index contributed by atoms with van der Waals surface area (Å²) in [7, 11) is 0. The van der Waals surface area contributed by atoms with Crippen molar-refractivity contribution < 1.29 is 19.4 Å². The number of halogens is 1. The van der Waals surface area contributed by atoms with Crippen LogP contribution in [0, 0.1) is 0 Å². The van der Waals surface area contributed by atoms with Crippen molar-refractivity contribution in [3.8, 4) is 5.75 Å². The summed E-state index contributed by atoms with van der Waals surface area (Å²) >= 11 is 6.03. The van der Waals surface area contributed by atoms with Gasteiger partial charge in [0.15, 0.2) is 5.60 Å². The van der Waals surface area contributed by atoms with Gasteiger partial charge in [0.25, 0.3) is 5.91 Å². The lowest BCUT2D eigenvalue weighted by Crippen LogP contribution is -2.53. The first-order valence-corrected chi connectivity index (χ1v) is 8.16. The molecule has 0 unspecified atom stereocenters. The number of rotatable bonds is 5. The van der Waals surface area contributed by atoms with Crippen molar-refractivity contribution in [2.24, 2.45) is 0 Å². The van der Waals surface area contributed by atoms with E-state index in [0.29, 0.717) is 16.5 Å². The van der Waals surface area contributed by atoms with Crippen molar-refractivity contribution >= 4 is 29.1 Å². The van der Waals surface area contributed by atoms with Gasteiger partial charge in [-0.1, -0.05) is 11.6 Å². The topological polar surface area (TPSA) is 78.9 Å². The van der Waals surface area contributed by atoms with Gasteiger partial charge in [-0.25, -0.2) is 0 Å². The summed E-state index contributed by atoms with van der Waals surface area (Å²) in [5.41, 5.74) is -1.16. The molecule has 0 aromatic heterocycles. The number of ether oxygens (including phenoxy) is 1. The minimum atomic E-state index is -1.01. The first-order valence-electron chi connectivity index (χ1n) is 7.78. The molecule has 132 valence electrons. The molecule has 0 spiro atoms. The molecular formula is C17H23ClN2O4. The summed E-state index contributed by atoms with van der Waals surface area (Å²) in [6.45, 7) is 6.86. The molecule has 1 aliphatic rings. The highest BCUT2D eigenvalue weighted by Gasteiger charge is 2.41. The Morgan fingerprint density at radius 2 is 2.08 bits per heavy atom. The number of carbonyl (C=O) groups excluding carboxylic acids is 2.